The Morgan fingerprint density at radius 2 is 2.00 bits per heavy atom. The minimum absolute atomic E-state index is 0.00117. The molecule has 2 rings (SSSR count). The summed E-state index contributed by atoms with van der Waals surface area (Å²) in [6.07, 6.45) is 1.64. The molecule has 0 fully saturated rings. The second-order valence-electron chi connectivity index (χ2n) is 4.50. The number of hydrogen-bond acceptors (Lipinski definition) is 5. The quantitative estimate of drug-likeness (QED) is 0.829. The van der Waals surface area contributed by atoms with Crippen LogP contribution in [0, 0.1) is 5.92 Å². The summed E-state index contributed by atoms with van der Waals surface area (Å²) in [7, 11) is 0. The number of nitrogens with one attached hydrogen (secondary N) is 1. The molecule has 0 aliphatic carbocycles. The van der Waals surface area contributed by atoms with Gasteiger partial charge in [-0.1, -0.05) is 37.3 Å². The van der Waals surface area contributed by atoms with Gasteiger partial charge in [0.05, 0.1) is 0 Å². The SMILES string of the molecule is CCC(CC)C(=O)Nc1nnc(-c2ccccc2N)s1. The van der Waals surface area contributed by atoms with Crippen LogP contribution in [0.5, 0.6) is 0 Å². The maximum atomic E-state index is 12.0. The molecule has 1 aromatic heterocycles. The Morgan fingerprint density at radius 1 is 1.30 bits per heavy atom. The van der Waals surface area contributed by atoms with Crippen molar-refractivity contribution in [2.24, 2.45) is 5.92 Å². The van der Waals surface area contributed by atoms with Crippen LogP contribution in [0.1, 0.15) is 26.7 Å². The van der Waals surface area contributed by atoms with Gasteiger partial charge in [0.1, 0.15) is 0 Å². The normalized spacial score (nSPS) is 10.8. The van der Waals surface area contributed by atoms with Crippen LogP contribution in [-0.2, 0) is 4.79 Å². The summed E-state index contributed by atoms with van der Waals surface area (Å²) in [5, 5.41) is 12.1. The Morgan fingerprint density at radius 3 is 2.65 bits per heavy atom. The topological polar surface area (TPSA) is 80.9 Å². The summed E-state index contributed by atoms with van der Waals surface area (Å²) in [5.74, 6) is 0.0166. The van der Waals surface area contributed by atoms with Crippen molar-refractivity contribution < 1.29 is 4.79 Å². The van der Waals surface area contributed by atoms with Gasteiger partial charge in [0.2, 0.25) is 11.0 Å². The average molecular weight is 290 g/mol. The largest absolute Gasteiger partial charge is 0.398 e. The highest BCUT2D eigenvalue weighted by atomic mass is 32.1. The lowest BCUT2D eigenvalue weighted by molar-refractivity contribution is -0.120. The predicted octanol–water partition coefficient (Wildman–Crippen LogP) is 3.16. The summed E-state index contributed by atoms with van der Waals surface area (Å²) in [4.78, 5) is 12.0. The molecule has 0 aliphatic rings. The lowest BCUT2D eigenvalue weighted by Gasteiger charge is -2.09. The molecule has 5 nitrogen and oxygen atoms in total. The first-order valence-corrected chi connectivity index (χ1v) is 7.46. The molecule has 0 atom stereocenters. The lowest BCUT2D eigenvalue weighted by Crippen LogP contribution is -2.21. The van der Waals surface area contributed by atoms with E-state index in [2.05, 4.69) is 15.5 Å². The van der Waals surface area contributed by atoms with E-state index in [1.807, 2.05) is 38.1 Å². The highest BCUT2D eigenvalue weighted by Gasteiger charge is 2.17. The van der Waals surface area contributed by atoms with Crippen LogP contribution in [-0.4, -0.2) is 16.1 Å². The average Bonchev–Trinajstić information content (AvgIpc) is 2.89. The van der Waals surface area contributed by atoms with Gasteiger partial charge < -0.3 is 11.1 Å². The van der Waals surface area contributed by atoms with Crippen LogP contribution in [0.2, 0.25) is 0 Å². The minimum atomic E-state index is -0.00117. The fourth-order valence-corrected chi connectivity index (χ4v) is 2.74. The minimum Gasteiger partial charge on any atom is -0.398 e. The number of carbonyl (C=O) groups excluding carboxylic acids is 1. The third-order valence-electron chi connectivity index (χ3n) is 3.20. The van der Waals surface area contributed by atoms with Crippen molar-refractivity contribution in [1.29, 1.82) is 0 Å². The van der Waals surface area contributed by atoms with Crippen molar-refractivity contribution >= 4 is 28.1 Å². The van der Waals surface area contributed by atoms with Gasteiger partial charge in [-0.2, -0.15) is 0 Å². The molecule has 2 aromatic rings. The third kappa shape index (κ3) is 3.14. The molecular formula is C14H18N4OS. The molecule has 0 radical (unpaired) electrons. The summed E-state index contributed by atoms with van der Waals surface area (Å²) in [6, 6.07) is 7.48. The van der Waals surface area contributed by atoms with E-state index >= 15 is 0 Å². The number of amides is 1. The van der Waals surface area contributed by atoms with Crippen LogP contribution in [0.15, 0.2) is 24.3 Å². The number of nitrogen functional groups attached to an aromatic ring is 1. The molecule has 1 aromatic carbocycles. The van der Waals surface area contributed by atoms with E-state index in [9.17, 15) is 4.79 Å². The monoisotopic (exact) mass is 290 g/mol. The van der Waals surface area contributed by atoms with E-state index in [-0.39, 0.29) is 11.8 Å². The maximum absolute atomic E-state index is 12.0. The van der Waals surface area contributed by atoms with Gasteiger partial charge >= 0.3 is 0 Å². The second kappa shape index (κ2) is 6.47. The predicted molar refractivity (Wildman–Crippen MR) is 82.5 cm³/mol. The van der Waals surface area contributed by atoms with Gasteiger partial charge in [0, 0.05) is 17.2 Å². The van der Waals surface area contributed by atoms with Crippen molar-refractivity contribution in [3.63, 3.8) is 0 Å². The molecule has 1 amide bonds. The number of carbonyl (C=O) groups is 1. The van der Waals surface area contributed by atoms with Crippen LogP contribution in [0.4, 0.5) is 10.8 Å². The van der Waals surface area contributed by atoms with Crippen molar-refractivity contribution in [2.75, 3.05) is 11.1 Å². The number of hydrogen-bond donors (Lipinski definition) is 2. The van der Waals surface area contributed by atoms with E-state index in [0.717, 1.165) is 18.4 Å². The Labute approximate surface area is 122 Å². The van der Waals surface area contributed by atoms with Crippen molar-refractivity contribution in [3.05, 3.63) is 24.3 Å². The number of nitrogens with zero attached hydrogens (tertiary/aromatic N) is 2. The van der Waals surface area contributed by atoms with Gasteiger partial charge in [0.15, 0.2) is 5.01 Å². The summed E-state index contributed by atoms with van der Waals surface area (Å²) in [5.41, 5.74) is 7.40. The lowest BCUT2D eigenvalue weighted by atomic mass is 10.0. The molecule has 0 aliphatic heterocycles. The van der Waals surface area contributed by atoms with Gasteiger partial charge in [-0.15, -0.1) is 10.2 Å². The van der Waals surface area contributed by atoms with Crippen LogP contribution in [0.25, 0.3) is 10.6 Å². The molecule has 106 valence electrons. The molecule has 0 bridgehead atoms. The summed E-state index contributed by atoms with van der Waals surface area (Å²) < 4.78 is 0. The molecule has 3 N–H and O–H groups in total. The van der Waals surface area contributed by atoms with Gasteiger partial charge in [0.25, 0.3) is 0 Å². The van der Waals surface area contributed by atoms with E-state index < -0.39 is 0 Å². The molecule has 1 heterocycles. The van der Waals surface area contributed by atoms with Crippen molar-refractivity contribution in [2.45, 2.75) is 26.7 Å². The van der Waals surface area contributed by atoms with E-state index in [0.29, 0.717) is 15.8 Å². The summed E-state index contributed by atoms with van der Waals surface area (Å²) >= 11 is 1.33. The Bertz CT molecular complexity index is 592. The number of nitrogens with two attached hydrogens (primary N) is 1. The molecule has 6 heteroatoms. The smallest absolute Gasteiger partial charge is 0.229 e. The Balaban J connectivity index is 2.14. The number of para-hydroxylation sites is 1. The molecule has 0 saturated carbocycles. The van der Waals surface area contributed by atoms with Crippen LogP contribution >= 0.6 is 11.3 Å². The fourth-order valence-electron chi connectivity index (χ4n) is 1.94. The van der Waals surface area contributed by atoms with Gasteiger partial charge in [-0.25, -0.2) is 0 Å². The highest BCUT2D eigenvalue weighted by Crippen LogP contribution is 2.30. The van der Waals surface area contributed by atoms with Crippen molar-refractivity contribution in [1.82, 2.24) is 10.2 Å². The number of rotatable bonds is 5. The summed E-state index contributed by atoms with van der Waals surface area (Å²) in [6.45, 7) is 4.01. The fraction of sp³-hybridized carbons (Fsp3) is 0.357. The molecule has 0 unspecified atom stereocenters. The molecular weight excluding hydrogens is 272 g/mol. The molecule has 0 spiro atoms. The van der Waals surface area contributed by atoms with E-state index in [1.165, 1.54) is 11.3 Å². The Hall–Kier alpha value is -1.95. The van der Waals surface area contributed by atoms with Crippen LogP contribution < -0.4 is 11.1 Å². The molecule has 20 heavy (non-hydrogen) atoms. The number of aromatic nitrogens is 2. The van der Waals surface area contributed by atoms with E-state index in [4.69, 9.17) is 5.73 Å². The number of benzene rings is 1. The van der Waals surface area contributed by atoms with Crippen molar-refractivity contribution in [3.8, 4) is 10.6 Å². The van der Waals surface area contributed by atoms with Gasteiger partial charge in [-0.3, -0.25) is 4.79 Å². The second-order valence-corrected chi connectivity index (χ2v) is 5.48. The first kappa shape index (κ1) is 14.5. The first-order valence-electron chi connectivity index (χ1n) is 6.64. The zero-order valence-electron chi connectivity index (χ0n) is 11.6. The standard InChI is InChI=1S/C14H18N4OS/c1-3-9(4-2)12(19)16-14-18-17-13(20-14)10-7-5-6-8-11(10)15/h5-9H,3-4,15H2,1-2H3,(H,16,18,19). The first-order chi connectivity index (χ1) is 9.65. The van der Waals surface area contributed by atoms with Gasteiger partial charge in [-0.05, 0) is 25.0 Å². The molecule has 0 saturated heterocycles. The van der Waals surface area contributed by atoms with E-state index in [1.54, 1.807) is 0 Å². The Kier molecular flexibility index (Phi) is 4.68. The zero-order chi connectivity index (χ0) is 14.5. The number of anilines is 2. The third-order valence-corrected chi connectivity index (χ3v) is 4.07. The zero-order valence-corrected chi connectivity index (χ0v) is 12.4. The maximum Gasteiger partial charge on any atom is 0.229 e. The van der Waals surface area contributed by atoms with Crippen LogP contribution in [0.3, 0.4) is 0 Å². The highest BCUT2D eigenvalue weighted by molar-refractivity contribution is 7.18.